The fraction of sp³-hybridized carbons (Fsp3) is 0.0833. The number of nitriles is 1. The zero-order valence-electron chi connectivity index (χ0n) is 16.2. The van der Waals surface area contributed by atoms with Crippen LogP contribution in [0.25, 0.3) is 6.08 Å². The number of ether oxygens (including phenoxy) is 1. The van der Waals surface area contributed by atoms with Gasteiger partial charge < -0.3 is 10.1 Å². The maximum absolute atomic E-state index is 13.9. The largest absolute Gasteiger partial charge is 0.488 e. The van der Waals surface area contributed by atoms with Gasteiger partial charge in [-0.3, -0.25) is 4.79 Å². The van der Waals surface area contributed by atoms with Crippen LogP contribution in [0.1, 0.15) is 16.7 Å². The molecular weight excluding hydrogens is 403 g/mol. The molecule has 0 aliphatic heterocycles. The van der Waals surface area contributed by atoms with E-state index >= 15 is 0 Å². The second-order valence-electron chi connectivity index (χ2n) is 6.50. The van der Waals surface area contributed by atoms with E-state index in [1.807, 2.05) is 25.1 Å². The molecule has 0 spiro atoms. The number of rotatable bonds is 6. The highest BCUT2D eigenvalue weighted by molar-refractivity contribution is 6.30. The van der Waals surface area contributed by atoms with Crippen molar-refractivity contribution in [2.45, 2.75) is 13.5 Å². The molecule has 150 valence electrons. The average Bonchev–Trinajstić information content (AvgIpc) is 2.74. The van der Waals surface area contributed by atoms with Gasteiger partial charge >= 0.3 is 0 Å². The van der Waals surface area contributed by atoms with Gasteiger partial charge in [-0.15, -0.1) is 0 Å². The Hall–Kier alpha value is -3.62. The quantitative estimate of drug-likeness (QED) is 0.398. The molecule has 0 aliphatic rings. The number of nitrogens with zero attached hydrogens (tertiary/aromatic N) is 1. The Balaban J connectivity index is 1.86. The van der Waals surface area contributed by atoms with Gasteiger partial charge in [-0.1, -0.05) is 48.0 Å². The number of amides is 1. The Kier molecular flexibility index (Phi) is 6.84. The lowest BCUT2D eigenvalue weighted by atomic mass is 10.1. The molecule has 0 bridgehead atoms. The first kappa shape index (κ1) is 21.1. The Morgan fingerprint density at radius 1 is 1.17 bits per heavy atom. The van der Waals surface area contributed by atoms with Crippen LogP contribution in [-0.4, -0.2) is 5.91 Å². The molecule has 1 N–H and O–H groups in total. The lowest BCUT2D eigenvalue weighted by Gasteiger charge is -2.11. The molecule has 0 fully saturated rings. The zero-order chi connectivity index (χ0) is 21.5. The molecule has 0 radical (unpaired) electrons. The minimum absolute atomic E-state index is 0.00750. The lowest BCUT2D eigenvalue weighted by Crippen LogP contribution is -2.14. The number of para-hydroxylation sites is 1. The van der Waals surface area contributed by atoms with Crippen molar-refractivity contribution >= 4 is 29.3 Å². The number of hydrogen-bond donors (Lipinski definition) is 1. The maximum atomic E-state index is 13.9. The second-order valence-corrected chi connectivity index (χ2v) is 6.94. The smallest absolute Gasteiger partial charge is 0.266 e. The van der Waals surface area contributed by atoms with Gasteiger partial charge in [0.1, 0.15) is 29.8 Å². The number of halogens is 2. The van der Waals surface area contributed by atoms with Crippen LogP contribution >= 0.6 is 11.6 Å². The van der Waals surface area contributed by atoms with Crippen molar-refractivity contribution in [3.63, 3.8) is 0 Å². The number of nitrogens with one attached hydrogen (secondary N) is 1. The first-order valence-corrected chi connectivity index (χ1v) is 9.50. The Morgan fingerprint density at radius 3 is 2.63 bits per heavy atom. The fourth-order valence-electron chi connectivity index (χ4n) is 2.74. The minimum Gasteiger partial charge on any atom is -0.488 e. The standard InChI is InChI=1S/C24H18ClFN2O2/c1-16-6-2-5-9-22(16)28-24(29)19(14-27)12-18-13-20(25)10-11-23(18)30-15-17-7-3-4-8-21(17)26/h2-13H,15H2,1H3,(H,28,29)/b19-12+. The summed E-state index contributed by atoms with van der Waals surface area (Å²) in [4.78, 5) is 12.6. The molecule has 0 unspecified atom stereocenters. The number of anilines is 1. The van der Waals surface area contributed by atoms with Gasteiger partial charge in [-0.05, 0) is 48.9 Å². The summed E-state index contributed by atoms with van der Waals surface area (Å²) in [6, 6.07) is 20.3. The van der Waals surface area contributed by atoms with E-state index in [1.165, 1.54) is 12.1 Å². The van der Waals surface area contributed by atoms with Gasteiger partial charge in [0.25, 0.3) is 5.91 Å². The highest BCUT2D eigenvalue weighted by Crippen LogP contribution is 2.27. The van der Waals surface area contributed by atoms with Crippen molar-refractivity contribution in [2.75, 3.05) is 5.32 Å². The van der Waals surface area contributed by atoms with Gasteiger partial charge in [-0.2, -0.15) is 5.26 Å². The van der Waals surface area contributed by atoms with E-state index in [-0.39, 0.29) is 18.0 Å². The van der Waals surface area contributed by atoms with E-state index in [2.05, 4.69) is 5.32 Å². The van der Waals surface area contributed by atoms with Crippen LogP contribution in [0.5, 0.6) is 5.75 Å². The minimum atomic E-state index is -0.549. The number of aryl methyl sites for hydroxylation is 1. The molecule has 6 heteroatoms. The van der Waals surface area contributed by atoms with Gasteiger partial charge in [0.2, 0.25) is 0 Å². The lowest BCUT2D eigenvalue weighted by molar-refractivity contribution is -0.112. The van der Waals surface area contributed by atoms with Crippen molar-refractivity contribution in [1.29, 1.82) is 5.26 Å². The van der Waals surface area contributed by atoms with E-state index in [4.69, 9.17) is 16.3 Å². The van der Waals surface area contributed by atoms with Crippen LogP contribution in [-0.2, 0) is 11.4 Å². The van der Waals surface area contributed by atoms with Crippen molar-refractivity contribution in [3.05, 3.63) is 99.8 Å². The van der Waals surface area contributed by atoms with Crippen LogP contribution in [0.4, 0.5) is 10.1 Å². The van der Waals surface area contributed by atoms with E-state index in [1.54, 1.807) is 48.5 Å². The van der Waals surface area contributed by atoms with Gasteiger partial charge in [0.15, 0.2) is 0 Å². The summed E-state index contributed by atoms with van der Waals surface area (Å²) in [5.74, 6) is -0.551. The molecule has 30 heavy (non-hydrogen) atoms. The van der Waals surface area contributed by atoms with Crippen molar-refractivity contribution in [1.82, 2.24) is 0 Å². The second kappa shape index (κ2) is 9.73. The molecule has 3 aromatic carbocycles. The molecule has 0 aromatic heterocycles. The Labute approximate surface area is 179 Å². The molecule has 0 saturated heterocycles. The zero-order valence-corrected chi connectivity index (χ0v) is 16.9. The highest BCUT2D eigenvalue weighted by atomic mass is 35.5. The summed E-state index contributed by atoms with van der Waals surface area (Å²) >= 11 is 6.09. The van der Waals surface area contributed by atoms with E-state index in [0.29, 0.717) is 27.6 Å². The SMILES string of the molecule is Cc1ccccc1NC(=O)/C(C#N)=C/c1cc(Cl)ccc1OCc1ccccc1F. The predicted octanol–water partition coefficient (Wildman–Crippen LogP) is 5.91. The van der Waals surface area contributed by atoms with Crippen molar-refractivity contribution in [2.24, 2.45) is 0 Å². The van der Waals surface area contributed by atoms with Crippen LogP contribution in [0.2, 0.25) is 5.02 Å². The molecule has 0 saturated carbocycles. The normalized spacial score (nSPS) is 10.9. The highest BCUT2D eigenvalue weighted by Gasteiger charge is 2.13. The third-order valence-corrected chi connectivity index (χ3v) is 4.61. The van der Waals surface area contributed by atoms with E-state index in [0.717, 1.165) is 5.56 Å². The van der Waals surface area contributed by atoms with Crippen LogP contribution in [0.3, 0.4) is 0 Å². The molecule has 3 aromatic rings. The number of hydrogen-bond acceptors (Lipinski definition) is 3. The Morgan fingerprint density at radius 2 is 1.90 bits per heavy atom. The van der Waals surface area contributed by atoms with Crippen molar-refractivity contribution in [3.8, 4) is 11.8 Å². The topological polar surface area (TPSA) is 62.1 Å². The summed E-state index contributed by atoms with van der Waals surface area (Å²) in [5, 5.41) is 12.6. The molecular formula is C24H18ClFN2O2. The van der Waals surface area contributed by atoms with Crippen LogP contribution in [0.15, 0.2) is 72.3 Å². The fourth-order valence-corrected chi connectivity index (χ4v) is 2.92. The molecule has 0 aliphatic carbocycles. The van der Waals surface area contributed by atoms with Crippen LogP contribution < -0.4 is 10.1 Å². The summed E-state index contributed by atoms with van der Waals surface area (Å²) in [6.45, 7) is 1.85. The summed E-state index contributed by atoms with van der Waals surface area (Å²) < 4.78 is 19.6. The van der Waals surface area contributed by atoms with Crippen LogP contribution in [0, 0.1) is 24.1 Å². The predicted molar refractivity (Wildman–Crippen MR) is 116 cm³/mol. The van der Waals surface area contributed by atoms with Gasteiger partial charge in [0.05, 0.1) is 0 Å². The average molecular weight is 421 g/mol. The van der Waals surface area contributed by atoms with Gasteiger partial charge in [0, 0.05) is 21.8 Å². The molecule has 4 nitrogen and oxygen atoms in total. The third kappa shape index (κ3) is 5.25. The third-order valence-electron chi connectivity index (χ3n) is 4.37. The maximum Gasteiger partial charge on any atom is 0.266 e. The summed E-state index contributed by atoms with van der Waals surface area (Å²) in [7, 11) is 0. The molecule has 0 atom stereocenters. The van der Waals surface area contributed by atoms with E-state index < -0.39 is 5.91 Å². The Bertz CT molecular complexity index is 1150. The van der Waals surface area contributed by atoms with Gasteiger partial charge in [-0.25, -0.2) is 4.39 Å². The van der Waals surface area contributed by atoms with Crippen molar-refractivity contribution < 1.29 is 13.9 Å². The first-order valence-electron chi connectivity index (χ1n) is 9.12. The summed E-state index contributed by atoms with van der Waals surface area (Å²) in [5.41, 5.74) is 2.21. The molecule has 0 heterocycles. The number of carbonyl (C=O) groups is 1. The summed E-state index contributed by atoms with van der Waals surface area (Å²) in [6.07, 6.45) is 1.40. The first-order chi connectivity index (χ1) is 14.5. The number of carbonyl (C=O) groups excluding carboxylic acids is 1. The molecule has 3 rings (SSSR count). The molecule has 1 amide bonds. The van der Waals surface area contributed by atoms with E-state index in [9.17, 15) is 14.4 Å². The number of benzene rings is 3. The monoisotopic (exact) mass is 420 g/mol.